The molecule has 1 N–H and O–H groups in total. The first-order chi connectivity index (χ1) is 5.43. The summed E-state index contributed by atoms with van der Waals surface area (Å²) in [6, 6.07) is 4.13. The summed E-state index contributed by atoms with van der Waals surface area (Å²) in [6.45, 7) is 2.46. The van der Waals surface area contributed by atoms with E-state index in [1.807, 2.05) is 13.1 Å². The zero-order valence-electron chi connectivity index (χ0n) is 6.67. The Morgan fingerprint density at radius 1 is 1.64 bits per heavy atom. The van der Waals surface area contributed by atoms with Crippen LogP contribution in [0.3, 0.4) is 0 Å². The van der Waals surface area contributed by atoms with Gasteiger partial charge in [-0.1, -0.05) is 6.07 Å². The quantitative estimate of drug-likeness (QED) is 0.678. The smallest absolute Gasteiger partial charge is 0.0809 e. The molecular weight excluding hydrogens is 158 g/mol. The molecule has 1 aromatic heterocycles. The summed E-state index contributed by atoms with van der Waals surface area (Å²) < 4.78 is 5.37. The van der Waals surface area contributed by atoms with Crippen LogP contribution in [0, 0.1) is 0 Å². The summed E-state index contributed by atoms with van der Waals surface area (Å²) in [5.74, 6) is 0. The van der Waals surface area contributed by atoms with Gasteiger partial charge in [-0.25, -0.2) is 0 Å². The van der Waals surface area contributed by atoms with Gasteiger partial charge in [0, 0.05) is 11.4 Å². The summed E-state index contributed by atoms with van der Waals surface area (Å²) in [5.41, 5.74) is 0. The second-order valence-corrected chi connectivity index (χ2v) is 3.27. The first-order valence-electron chi connectivity index (χ1n) is 3.68. The van der Waals surface area contributed by atoms with Crippen molar-refractivity contribution in [1.82, 2.24) is 5.32 Å². The highest BCUT2D eigenvalue weighted by Gasteiger charge is 1.91. The molecule has 3 heteroatoms. The number of hydrogen-bond donors (Lipinski definition) is 1. The predicted molar refractivity (Wildman–Crippen MR) is 47.9 cm³/mol. The van der Waals surface area contributed by atoms with E-state index in [1.54, 1.807) is 11.3 Å². The van der Waals surface area contributed by atoms with Gasteiger partial charge >= 0.3 is 0 Å². The van der Waals surface area contributed by atoms with Gasteiger partial charge in [-0.05, 0) is 18.5 Å². The lowest BCUT2D eigenvalue weighted by molar-refractivity contribution is 0.126. The molecule has 0 aromatic carbocycles. The number of likely N-dealkylation sites (N-methyl/N-ethyl adjacent to an activating group) is 1. The molecule has 0 saturated carbocycles. The minimum Gasteiger partial charge on any atom is -0.375 e. The molecule has 0 saturated heterocycles. The first-order valence-corrected chi connectivity index (χ1v) is 4.56. The van der Waals surface area contributed by atoms with Crippen molar-refractivity contribution in [3.05, 3.63) is 22.4 Å². The lowest BCUT2D eigenvalue weighted by Crippen LogP contribution is -2.13. The zero-order valence-corrected chi connectivity index (χ0v) is 7.49. The molecule has 62 valence electrons. The Kier molecular flexibility index (Phi) is 4.19. The molecule has 0 spiro atoms. The van der Waals surface area contributed by atoms with E-state index in [4.69, 9.17) is 4.74 Å². The molecule has 0 fully saturated rings. The minimum atomic E-state index is 0.749. The standard InChI is InChI=1S/C8H13NOS/c1-9-4-5-10-7-8-3-2-6-11-8/h2-3,6,9H,4-5,7H2,1H3. The van der Waals surface area contributed by atoms with E-state index in [9.17, 15) is 0 Å². The molecule has 0 amide bonds. The van der Waals surface area contributed by atoms with Crippen LogP contribution in [0.25, 0.3) is 0 Å². The topological polar surface area (TPSA) is 21.3 Å². The Balaban J connectivity index is 2.04. The van der Waals surface area contributed by atoms with Crippen LogP contribution < -0.4 is 5.32 Å². The van der Waals surface area contributed by atoms with E-state index >= 15 is 0 Å². The van der Waals surface area contributed by atoms with Crippen LogP contribution in [0.4, 0.5) is 0 Å². The van der Waals surface area contributed by atoms with Crippen LogP contribution in [0.1, 0.15) is 4.88 Å². The number of ether oxygens (including phenoxy) is 1. The summed E-state index contributed by atoms with van der Waals surface area (Å²) >= 11 is 1.74. The lowest BCUT2D eigenvalue weighted by Gasteiger charge is -2.00. The van der Waals surface area contributed by atoms with Gasteiger partial charge < -0.3 is 10.1 Å². The van der Waals surface area contributed by atoms with Crippen LogP contribution in [0.5, 0.6) is 0 Å². The van der Waals surface area contributed by atoms with Crippen LogP contribution in [0.15, 0.2) is 17.5 Å². The van der Waals surface area contributed by atoms with Gasteiger partial charge in [0.2, 0.25) is 0 Å². The maximum absolute atomic E-state index is 5.37. The Labute approximate surface area is 71.2 Å². The van der Waals surface area contributed by atoms with E-state index in [-0.39, 0.29) is 0 Å². The van der Waals surface area contributed by atoms with Crippen molar-refractivity contribution in [1.29, 1.82) is 0 Å². The van der Waals surface area contributed by atoms with Gasteiger partial charge in [0.25, 0.3) is 0 Å². The average Bonchev–Trinajstić information content (AvgIpc) is 2.50. The molecular formula is C8H13NOS. The fraction of sp³-hybridized carbons (Fsp3) is 0.500. The summed E-state index contributed by atoms with van der Waals surface area (Å²) in [5, 5.41) is 5.09. The number of thiophene rings is 1. The van der Waals surface area contributed by atoms with E-state index in [0.29, 0.717) is 0 Å². The van der Waals surface area contributed by atoms with Crippen molar-refractivity contribution in [3.63, 3.8) is 0 Å². The summed E-state index contributed by atoms with van der Waals surface area (Å²) in [6.07, 6.45) is 0. The number of hydrogen-bond acceptors (Lipinski definition) is 3. The predicted octanol–water partition coefficient (Wildman–Crippen LogP) is 1.48. The fourth-order valence-corrected chi connectivity index (χ4v) is 1.38. The molecule has 1 rings (SSSR count). The SMILES string of the molecule is CNCCOCc1cccs1. The third-order valence-electron chi connectivity index (χ3n) is 1.32. The molecule has 1 aromatic rings. The summed E-state index contributed by atoms with van der Waals surface area (Å²) in [4.78, 5) is 1.29. The molecule has 0 unspecified atom stereocenters. The van der Waals surface area contributed by atoms with Gasteiger partial charge in [-0.3, -0.25) is 0 Å². The molecule has 11 heavy (non-hydrogen) atoms. The van der Waals surface area contributed by atoms with Crippen molar-refractivity contribution in [2.75, 3.05) is 20.2 Å². The molecule has 0 bridgehead atoms. The summed E-state index contributed by atoms with van der Waals surface area (Å²) in [7, 11) is 1.93. The van der Waals surface area contributed by atoms with E-state index in [2.05, 4.69) is 16.8 Å². The lowest BCUT2D eigenvalue weighted by atomic mass is 10.5. The normalized spacial score (nSPS) is 10.3. The zero-order chi connectivity index (χ0) is 7.94. The maximum atomic E-state index is 5.37. The van der Waals surface area contributed by atoms with Crippen molar-refractivity contribution < 1.29 is 4.74 Å². The van der Waals surface area contributed by atoms with Crippen LogP contribution in [-0.4, -0.2) is 20.2 Å². The third kappa shape index (κ3) is 3.51. The first kappa shape index (κ1) is 8.71. The van der Waals surface area contributed by atoms with Crippen LogP contribution in [-0.2, 0) is 11.3 Å². The van der Waals surface area contributed by atoms with E-state index < -0.39 is 0 Å². The van der Waals surface area contributed by atoms with Gasteiger partial charge in [0.1, 0.15) is 0 Å². The van der Waals surface area contributed by atoms with Gasteiger partial charge in [0.05, 0.1) is 13.2 Å². The second kappa shape index (κ2) is 5.29. The Morgan fingerprint density at radius 2 is 2.55 bits per heavy atom. The highest BCUT2D eigenvalue weighted by atomic mass is 32.1. The van der Waals surface area contributed by atoms with Crippen LogP contribution in [0.2, 0.25) is 0 Å². The van der Waals surface area contributed by atoms with E-state index in [0.717, 1.165) is 19.8 Å². The largest absolute Gasteiger partial charge is 0.375 e. The monoisotopic (exact) mass is 171 g/mol. The molecule has 1 heterocycles. The number of rotatable bonds is 5. The maximum Gasteiger partial charge on any atom is 0.0809 e. The van der Waals surface area contributed by atoms with Crippen molar-refractivity contribution in [3.8, 4) is 0 Å². The van der Waals surface area contributed by atoms with Gasteiger partial charge in [-0.2, -0.15) is 0 Å². The molecule has 0 aliphatic carbocycles. The van der Waals surface area contributed by atoms with Crippen molar-refractivity contribution in [2.45, 2.75) is 6.61 Å². The van der Waals surface area contributed by atoms with Gasteiger partial charge in [0.15, 0.2) is 0 Å². The van der Waals surface area contributed by atoms with E-state index in [1.165, 1.54) is 4.88 Å². The molecule has 2 nitrogen and oxygen atoms in total. The second-order valence-electron chi connectivity index (χ2n) is 2.24. The van der Waals surface area contributed by atoms with Crippen molar-refractivity contribution >= 4 is 11.3 Å². The highest BCUT2D eigenvalue weighted by Crippen LogP contribution is 2.08. The van der Waals surface area contributed by atoms with Crippen molar-refractivity contribution in [2.24, 2.45) is 0 Å². The molecule has 0 aliphatic heterocycles. The van der Waals surface area contributed by atoms with Gasteiger partial charge in [-0.15, -0.1) is 11.3 Å². The fourth-order valence-electron chi connectivity index (χ4n) is 0.742. The Hall–Kier alpha value is -0.380. The molecule has 0 atom stereocenters. The minimum absolute atomic E-state index is 0.749. The number of nitrogens with one attached hydrogen (secondary N) is 1. The highest BCUT2D eigenvalue weighted by molar-refractivity contribution is 7.09. The Morgan fingerprint density at radius 3 is 3.18 bits per heavy atom. The third-order valence-corrected chi connectivity index (χ3v) is 2.17. The Bertz CT molecular complexity index is 174. The molecule has 0 aliphatic rings. The van der Waals surface area contributed by atoms with Crippen LogP contribution >= 0.6 is 11.3 Å². The average molecular weight is 171 g/mol. The molecule has 0 radical (unpaired) electrons.